The van der Waals surface area contributed by atoms with Crippen LogP contribution in [0.25, 0.3) is 0 Å². The molecular weight excluding hydrogens is 233 g/mol. The van der Waals surface area contributed by atoms with Crippen LogP contribution in [0.4, 0.5) is 13.2 Å². The zero-order valence-corrected chi connectivity index (χ0v) is 8.86. The van der Waals surface area contributed by atoms with Crippen LogP contribution < -0.4 is 0 Å². The van der Waals surface area contributed by atoms with E-state index in [0.717, 1.165) is 0 Å². The number of hydrogen-bond acceptors (Lipinski definition) is 1. The van der Waals surface area contributed by atoms with Gasteiger partial charge in [0.05, 0.1) is 5.92 Å². The lowest BCUT2D eigenvalue weighted by Crippen LogP contribution is -2.04. The highest BCUT2D eigenvalue weighted by Crippen LogP contribution is 2.62. The van der Waals surface area contributed by atoms with E-state index in [4.69, 9.17) is 16.7 Å². The van der Waals surface area contributed by atoms with Crippen molar-refractivity contribution in [3.05, 3.63) is 11.1 Å². The lowest BCUT2D eigenvalue weighted by atomic mass is 10.1. The van der Waals surface area contributed by atoms with Gasteiger partial charge in [0.1, 0.15) is 0 Å². The van der Waals surface area contributed by atoms with Gasteiger partial charge in [-0.2, -0.15) is 13.2 Å². The number of rotatable bonds is 2. The minimum absolute atomic E-state index is 0.0378. The molecule has 2 nitrogen and oxygen atoms in total. The Labute approximate surface area is 89.7 Å². The molecule has 0 aromatic rings. The van der Waals surface area contributed by atoms with E-state index in [0.29, 0.717) is 0 Å². The van der Waals surface area contributed by atoms with Crippen molar-refractivity contribution in [3.8, 4) is 0 Å². The summed E-state index contributed by atoms with van der Waals surface area (Å²) in [5.74, 6) is -2.68. The monoisotopic (exact) mass is 242 g/mol. The highest BCUT2D eigenvalue weighted by Gasteiger charge is 2.63. The molecule has 0 spiro atoms. The van der Waals surface area contributed by atoms with E-state index in [1.165, 1.54) is 0 Å². The second kappa shape index (κ2) is 3.40. The molecule has 0 bridgehead atoms. The van der Waals surface area contributed by atoms with Crippen molar-refractivity contribution < 1.29 is 23.1 Å². The molecule has 1 saturated carbocycles. The molecule has 0 aromatic heterocycles. The number of hydrogen-bond donors (Lipinski definition) is 1. The van der Waals surface area contributed by atoms with Gasteiger partial charge in [0.2, 0.25) is 0 Å². The van der Waals surface area contributed by atoms with Crippen molar-refractivity contribution >= 4 is 17.6 Å². The molecule has 0 aliphatic heterocycles. The second-order valence-corrected chi connectivity index (χ2v) is 4.62. The Balaban J connectivity index is 2.85. The summed E-state index contributed by atoms with van der Waals surface area (Å²) in [6.45, 7) is 3.17. The first-order valence-corrected chi connectivity index (χ1v) is 4.63. The molecule has 15 heavy (non-hydrogen) atoms. The van der Waals surface area contributed by atoms with Crippen molar-refractivity contribution in [1.82, 2.24) is 0 Å². The fourth-order valence-corrected chi connectivity index (χ4v) is 2.39. The van der Waals surface area contributed by atoms with Gasteiger partial charge in [-0.1, -0.05) is 25.4 Å². The van der Waals surface area contributed by atoms with Crippen LogP contribution in [-0.4, -0.2) is 17.3 Å². The number of carbonyl (C=O) groups is 1. The summed E-state index contributed by atoms with van der Waals surface area (Å²) < 4.78 is 35.9. The van der Waals surface area contributed by atoms with Gasteiger partial charge in [-0.15, -0.1) is 0 Å². The summed E-state index contributed by atoms with van der Waals surface area (Å²) in [7, 11) is 0. The standard InChI is InChI=1S/C9H10ClF3O2/c1-8(2)5(6(8)7(14)15)4(10)3-9(11,12)13/h3,5-6H,1-2H3,(H,14,15)/b4-3-. The van der Waals surface area contributed by atoms with Gasteiger partial charge in [-0.25, -0.2) is 0 Å². The zero-order chi connectivity index (χ0) is 12.0. The van der Waals surface area contributed by atoms with Gasteiger partial charge >= 0.3 is 12.1 Å². The van der Waals surface area contributed by atoms with E-state index in [1.807, 2.05) is 0 Å². The van der Waals surface area contributed by atoms with Crippen LogP contribution in [-0.2, 0) is 4.79 Å². The average molecular weight is 243 g/mol. The predicted molar refractivity (Wildman–Crippen MR) is 48.4 cm³/mol. The fourth-order valence-electron chi connectivity index (χ4n) is 1.86. The van der Waals surface area contributed by atoms with Crippen molar-refractivity contribution in [2.45, 2.75) is 20.0 Å². The Morgan fingerprint density at radius 3 is 2.13 bits per heavy atom. The van der Waals surface area contributed by atoms with Crippen molar-refractivity contribution in [3.63, 3.8) is 0 Å². The number of halogens is 4. The molecule has 1 fully saturated rings. The highest BCUT2D eigenvalue weighted by molar-refractivity contribution is 6.30. The van der Waals surface area contributed by atoms with Crippen LogP contribution >= 0.6 is 11.6 Å². The number of aliphatic carboxylic acids is 1. The third-order valence-corrected chi connectivity index (χ3v) is 3.04. The summed E-state index contributed by atoms with van der Waals surface area (Å²) in [5.41, 5.74) is -0.704. The summed E-state index contributed by atoms with van der Waals surface area (Å²) in [5, 5.41) is 8.31. The van der Waals surface area contributed by atoms with Crippen molar-refractivity contribution in [2.24, 2.45) is 17.3 Å². The van der Waals surface area contributed by atoms with Crippen LogP contribution in [0.5, 0.6) is 0 Å². The maximum atomic E-state index is 12.0. The van der Waals surface area contributed by atoms with Crippen LogP contribution in [0.1, 0.15) is 13.8 Å². The van der Waals surface area contributed by atoms with Gasteiger partial charge in [-0.05, 0) is 5.41 Å². The normalized spacial score (nSPS) is 30.1. The molecule has 2 unspecified atom stereocenters. The Morgan fingerprint density at radius 1 is 1.40 bits per heavy atom. The molecule has 0 aromatic carbocycles. The minimum atomic E-state index is -4.50. The van der Waals surface area contributed by atoms with E-state index in [-0.39, 0.29) is 6.08 Å². The lowest BCUT2D eigenvalue weighted by molar-refractivity contribution is -0.139. The summed E-state index contributed by atoms with van der Waals surface area (Å²) >= 11 is 5.46. The second-order valence-electron chi connectivity index (χ2n) is 4.19. The molecule has 1 N–H and O–H groups in total. The molecule has 86 valence electrons. The Morgan fingerprint density at radius 2 is 1.87 bits per heavy atom. The molecule has 2 atom stereocenters. The average Bonchev–Trinajstić information content (AvgIpc) is 2.49. The molecule has 1 aliphatic carbocycles. The van der Waals surface area contributed by atoms with Crippen molar-refractivity contribution in [2.75, 3.05) is 0 Å². The molecule has 0 heterocycles. The Bertz CT molecular complexity index is 320. The maximum absolute atomic E-state index is 12.0. The zero-order valence-electron chi connectivity index (χ0n) is 8.10. The third kappa shape index (κ3) is 2.45. The molecule has 1 rings (SSSR count). The maximum Gasteiger partial charge on any atom is 0.410 e. The van der Waals surface area contributed by atoms with Gasteiger partial charge in [0.15, 0.2) is 0 Å². The minimum Gasteiger partial charge on any atom is -0.481 e. The van der Waals surface area contributed by atoms with Gasteiger partial charge in [0, 0.05) is 17.0 Å². The summed E-state index contributed by atoms with van der Waals surface area (Å²) in [6.07, 6.45) is -4.54. The quantitative estimate of drug-likeness (QED) is 0.808. The van der Waals surface area contributed by atoms with Gasteiger partial charge in [0.25, 0.3) is 0 Å². The first-order valence-electron chi connectivity index (χ1n) is 4.25. The Hall–Kier alpha value is -0.710. The topological polar surface area (TPSA) is 37.3 Å². The smallest absolute Gasteiger partial charge is 0.410 e. The van der Waals surface area contributed by atoms with Crippen LogP contribution in [0, 0.1) is 17.3 Å². The van der Waals surface area contributed by atoms with Gasteiger partial charge in [-0.3, -0.25) is 4.79 Å². The molecule has 0 amide bonds. The van der Waals surface area contributed by atoms with E-state index in [1.54, 1.807) is 13.8 Å². The van der Waals surface area contributed by atoms with E-state index < -0.39 is 34.4 Å². The number of allylic oxidation sites excluding steroid dienone is 2. The third-order valence-electron chi connectivity index (χ3n) is 2.69. The molecular formula is C9H10ClF3O2. The lowest BCUT2D eigenvalue weighted by Gasteiger charge is -2.03. The first-order chi connectivity index (χ1) is 6.57. The number of carboxylic acids is 1. The predicted octanol–water partition coefficient (Wildman–Crippen LogP) is 3.03. The van der Waals surface area contributed by atoms with Crippen LogP contribution in [0.2, 0.25) is 0 Å². The van der Waals surface area contributed by atoms with Crippen LogP contribution in [0.3, 0.4) is 0 Å². The molecule has 1 aliphatic rings. The van der Waals surface area contributed by atoms with Gasteiger partial charge < -0.3 is 5.11 Å². The first kappa shape index (κ1) is 12.4. The SMILES string of the molecule is CC1(C)C(C(=O)O)C1/C(Cl)=C/C(F)(F)F. The highest BCUT2D eigenvalue weighted by atomic mass is 35.5. The Kier molecular flexibility index (Phi) is 2.80. The molecule has 6 heteroatoms. The fraction of sp³-hybridized carbons (Fsp3) is 0.667. The van der Waals surface area contributed by atoms with E-state index in [9.17, 15) is 18.0 Å². The molecule has 0 saturated heterocycles. The van der Waals surface area contributed by atoms with E-state index >= 15 is 0 Å². The number of alkyl halides is 3. The summed E-state index contributed by atoms with van der Waals surface area (Å²) in [6, 6.07) is 0. The number of carboxylic acid groups (broad SMARTS) is 1. The molecule has 0 radical (unpaired) electrons. The summed E-state index contributed by atoms with van der Waals surface area (Å²) in [4.78, 5) is 10.7. The van der Waals surface area contributed by atoms with Crippen molar-refractivity contribution in [1.29, 1.82) is 0 Å². The van der Waals surface area contributed by atoms with E-state index in [2.05, 4.69) is 0 Å². The van der Waals surface area contributed by atoms with Crippen LogP contribution in [0.15, 0.2) is 11.1 Å². The largest absolute Gasteiger partial charge is 0.481 e.